The average molecular weight is 392 g/mol. The molecular weight excluding hydrogens is 370 g/mol. The molecule has 3 rings (SSSR count). The van der Waals surface area contributed by atoms with Crippen molar-refractivity contribution in [1.29, 1.82) is 0 Å². The van der Waals surface area contributed by atoms with E-state index in [1.807, 2.05) is 17.5 Å². The van der Waals surface area contributed by atoms with E-state index in [4.69, 9.17) is 11.6 Å². The predicted molar refractivity (Wildman–Crippen MR) is 103 cm³/mol. The molecule has 0 bridgehead atoms. The topological polar surface area (TPSA) is 62.3 Å². The van der Waals surface area contributed by atoms with Gasteiger partial charge in [-0.25, -0.2) is 4.98 Å². The van der Waals surface area contributed by atoms with E-state index in [-0.39, 0.29) is 17.9 Å². The van der Waals surface area contributed by atoms with Gasteiger partial charge in [0.05, 0.1) is 12.1 Å². The number of pyridine rings is 1. The van der Waals surface area contributed by atoms with Crippen LogP contribution < -0.4 is 5.32 Å². The predicted octanol–water partition coefficient (Wildman–Crippen LogP) is 3.89. The number of hydrogen-bond donors (Lipinski definition) is 1. The number of amides is 2. The van der Waals surface area contributed by atoms with Crippen molar-refractivity contribution in [2.24, 2.45) is 0 Å². The van der Waals surface area contributed by atoms with Gasteiger partial charge >= 0.3 is 0 Å². The maximum Gasteiger partial charge on any atom is 0.256 e. The molecule has 1 atom stereocenters. The van der Waals surface area contributed by atoms with Crippen LogP contribution in [0.2, 0.25) is 5.15 Å². The number of aromatic nitrogens is 1. The summed E-state index contributed by atoms with van der Waals surface area (Å²) in [4.78, 5) is 32.4. The molecule has 2 aromatic rings. The molecule has 0 saturated heterocycles. The fourth-order valence-electron chi connectivity index (χ4n) is 3.16. The van der Waals surface area contributed by atoms with E-state index < -0.39 is 6.04 Å². The molecule has 1 saturated carbocycles. The van der Waals surface area contributed by atoms with Crippen molar-refractivity contribution in [3.63, 3.8) is 0 Å². The molecule has 2 aromatic heterocycles. The Morgan fingerprint density at radius 3 is 2.73 bits per heavy atom. The van der Waals surface area contributed by atoms with E-state index in [0.29, 0.717) is 17.3 Å². The molecule has 1 N–H and O–H groups in total. The standard InChI is InChI=1S/C19H22ClN3O2S/c1-13(18(24)22-15-5-2-3-6-15)23(12-16-7-4-10-26-16)19(25)14-8-9-17(20)21-11-14/h4,7-11,13,15H,2-3,5-6,12H2,1H3,(H,22,24)/t13-/m1/s1. The average Bonchev–Trinajstić information content (AvgIpc) is 3.33. The first-order valence-electron chi connectivity index (χ1n) is 8.80. The Morgan fingerprint density at radius 2 is 2.12 bits per heavy atom. The Hall–Kier alpha value is -1.92. The van der Waals surface area contributed by atoms with E-state index in [9.17, 15) is 9.59 Å². The van der Waals surface area contributed by atoms with E-state index >= 15 is 0 Å². The molecule has 0 unspecified atom stereocenters. The Bertz CT molecular complexity index is 743. The highest BCUT2D eigenvalue weighted by atomic mass is 35.5. The normalized spacial score (nSPS) is 15.6. The summed E-state index contributed by atoms with van der Waals surface area (Å²) in [6.45, 7) is 2.16. The van der Waals surface area contributed by atoms with Crippen LogP contribution in [0.25, 0.3) is 0 Å². The molecule has 138 valence electrons. The van der Waals surface area contributed by atoms with Crippen molar-refractivity contribution in [3.05, 3.63) is 51.4 Å². The van der Waals surface area contributed by atoms with Crippen molar-refractivity contribution in [2.75, 3.05) is 0 Å². The summed E-state index contributed by atoms with van der Waals surface area (Å²) in [5.74, 6) is -0.333. The van der Waals surface area contributed by atoms with Crippen LogP contribution in [0.1, 0.15) is 47.8 Å². The lowest BCUT2D eigenvalue weighted by molar-refractivity contribution is -0.126. The molecule has 0 radical (unpaired) electrons. The van der Waals surface area contributed by atoms with E-state index in [0.717, 1.165) is 30.6 Å². The lowest BCUT2D eigenvalue weighted by Crippen LogP contribution is -2.49. The van der Waals surface area contributed by atoms with Crippen LogP contribution in [0.5, 0.6) is 0 Å². The van der Waals surface area contributed by atoms with Gasteiger partial charge in [0.15, 0.2) is 0 Å². The minimum atomic E-state index is -0.569. The molecule has 26 heavy (non-hydrogen) atoms. The number of halogens is 1. The first kappa shape index (κ1) is 18.9. The van der Waals surface area contributed by atoms with Crippen LogP contribution in [0.3, 0.4) is 0 Å². The fraction of sp³-hybridized carbons (Fsp3) is 0.421. The first-order chi connectivity index (χ1) is 12.5. The van der Waals surface area contributed by atoms with Gasteiger partial charge in [0.1, 0.15) is 11.2 Å². The number of carbonyl (C=O) groups is 2. The van der Waals surface area contributed by atoms with Crippen LogP contribution >= 0.6 is 22.9 Å². The summed E-state index contributed by atoms with van der Waals surface area (Å²) in [6, 6.07) is 6.78. The fourth-order valence-corrected chi connectivity index (χ4v) is 3.97. The summed E-state index contributed by atoms with van der Waals surface area (Å²) in [7, 11) is 0. The van der Waals surface area contributed by atoms with Gasteiger partial charge in [0, 0.05) is 17.1 Å². The van der Waals surface area contributed by atoms with Crippen molar-refractivity contribution in [3.8, 4) is 0 Å². The number of hydrogen-bond acceptors (Lipinski definition) is 4. The lowest BCUT2D eigenvalue weighted by atomic mass is 10.1. The molecule has 2 amide bonds. The summed E-state index contributed by atoms with van der Waals surface area (Å²) in [5, 5.41) is 5.38. The maximum absolute atomic E-state index is 13.0. The molecule has 1 aliphatic rings. The third kappa shape index (κ3) is 4.62. The van der Waals surface area contributed by atoms with E-state index in [1.54, 1.807) is 35.3 Å². The van der Waals surface area contributed by atoms with Gasteiger partial charge in [0.25, 0.3) is 5.91 Å². The quantitative estimate of drug-likeness (QED) is 0.760. The highest BCUT2D eigenvalue weighted by Gasteiger charge is 2.29. The van der Waals surface area contributed by atoms with Gasteiger partial charge < -0.3 is 10.2 Å². The van der Waals surface area contributed by atoms with Gasteiger partial charge in [-0.05, 0) is 43.3 Å². The molecule has 7 heteroatoms. The second-order valence-electron chi connectivity index (χ2n) is 6.55. The third-order valence-corrected chi connectivity index (χ3v) is 5.77. The monoisotopic (exact) mass is 391 g/mol. The number of carbonyl (C=O) groups excluding carboxylic acids is 2. The second-order valence-corrected chi connectivity index (χ2v) is 7.97. The molecule has 1 fully saturated rings. The number of nitrogens with zero attached hydrogens (tertiary/aromatic N) is 2. The van der Waals surface area contributed by atoms with E-state index in [2.05, 4.69) is 10.3 Å². The lowest BCUT2D eigenvalue weighted by Gasteiger charge is -2.29. The minimum Gasteiger partial charge on any atom is -0.352 e. The van der Waals surface area contributed by atoms with Crippen molar-refractivity contribution < 1.29 is 9.59 Å². The summed E-state index contributed by atoms with van der Waals surface area (Å²) in [6.07, 6.45) is 5.77. The van der Waals surface area contributed by atoms with Crippen LogP contribution in [0.4, 0.5) is 0 Å². The Morgan fingerprint density at radius 1 is 1.35 bits per heavy atom. The summed E-state index contributed by atoms with van der Waals surface area (Å²) < 4.78 is 0. The minimum absolute atomic E-state index is 0.108. The van der Waals surface area contributed by atoms with E-state index in [1.165, 1.54) is 6.20 Å². The molecule has 2 heterocycles. The zero-order valence-corrected chi connectivity index (χ0v) is 16.2. The molecule has 1 aliphatic carbocycles. The van der Waals surface area contributed by atoms with Crippen LogP contribution in [0, 0.1) is 0 Å². The zero-order chi connectivity index (χ0) is 18.5. The SMILES string of the molecule is C[C@H](C(=O)NC1CCCC1)N(Cc1cccs1)C(=O)c1ccc(Cl)nc1. The third-order valence-electron chi connectivity index (χ3n) is 4.69. The molecule has 0 spiro atoms. The molecular formula is C19H22ClN3O2S. The number of thiophene rings is 1. The van der Waals surface area contributed by atoms with Gasteiger partial charge in [-0.3, -0.25) is 9.59 Å². The van der Waals surface area contributed by atoms with Crippen LogP contribution in [0.15, 0.2) is 35.8 Å². The first-order valence-corrected chi connectivity index (χ1v) is 10.1. The van der Waals surface area contributed by atoms with Gasteiger partial charge in [0.2, 0.25) is 5.91 Å². The summed E-state index contributed by atoms with van der Waals surface area (Å²) >= 11 is 7.39. The second kappa shape index (κ2) is 8.64. The zero-order valence-electron chi connectivity index (χ0n) is 14.7. The molecule has 0 aliphatic heterocycles. The van der Waals surface area contributed by atoms with Crippen LogP contribution in [-0.2, 0) is 11.3 Å². The Kier molecular flexibility index (Phi) is 6.27. The maximum atomic E-state index is 13.0. The number of nitrogens with one attached hydrogen (secondary N) is 1. The Labute approximate surface area is 162 Å². The molecule has 0 aromatic carbocycles. The summed E-state index contributed by atoms with van der Waals surface area (Å²) in [5.41, 5.74) is 0.423. The van der Waals surface area contributed by atoms with Crippen molar-refractivity contribution in [1.82, 2.24) is 15.2 Å². The van der Waals surface area contributed by atoms with Gasteiger partial charge in [-0.2, -0.15) is 0 Å². The van der Waals surface area contributed by atoms with Gasteiger partial charge in [-0.1, -0.05) is 30.5 Å². The molecule has 5 nitrogen and oxygen atoms in total. The number of rotatable bonds is 6. The smallest absolute Gasteiger partial charge is 0.256 e. The van der Waals surface area contributed by atoms with Gasteiger partial charge in [-0.15, -0.1) is 11.3 Å². The highest BCUT2D eigenvalue weighted by Crippen LogP contribution is 2.20. The van der Waals surface area contributed by atoms with Crippen molar-refractivity contribution >= 4 is 34.8 Å². The van der Waals surface area contributed by atoms with Crippen molar-refractivity contribution in [2.45, 2.75) is 51.2 Å². The Balaban J connectivity index is 1.78. The van der Waals surface area contributed by atoms with Crippen LogP contribution in [-0.4, -0.2) is 33.8 Å². The largest absolute Gasteiger partial charge is 0.352 e. The highest BCUT2D eigenvalue weighted by molar-refractivity contribution is 7.09.